The molecule has 0 aromatic heterocycles. The minimum Gasteiger partial charge on any atom is -0.491 e. The van der Waals surface area contributed by atoms with E-state index in [1.807, 2.05) is 83.1 Å². The molecule has 1 N–H and O–H groups in total. The molecule has 3 aromatic carbocycles. The average Bonchev–Trinajstić information content (AvgIpc) is 4.16. The molecule has 7 heteroatoms. The molecule has 7 nitrogen and oxygen atoms in total. The Morgan fingerprint density at radius 2 is 0.982 bits per heavy atom. The Bertz CT molecular complexity index is 1380. The van der Waals surface area contributed by atoms with Crippen LogP contribution in [0.15, 0.2) is 42.5 Å². The number of epoxide rings is 2. The molecule has 0 aliphatic carbocycles. The fourth-order valence-electron chi connectivity index (χ4n) is 5.43. The van der Waals surface area contributed by atoms with Gasteiger partial charge in [-0.3, -0.25) is 0 Å². The Hall–Kier alpha value is -3.10. The molecule has 0 amide bonds. The molecule has 2 saturated heterocycles. The van der Waals surface area contributed by atoms with Crippen LogP contribution in [0.5, 0.6) is 17.2 Å². The number of ether oxygens (including phenoxy) is 6. The summed E-state index contributed by atoms with van der Waals surface area (Å²) in [6.45, 7) is 42.2. The van der Waals surface area contributed by atoms with Crippen LogP contribution in [0.25, 0.3) is 0 Å². The van der Waals surface area contributed by atoms with Crippen molar-refractivity contribution in [1.82, 2.24) is 0 Å². The quantitative estimate of drug-likeness (QED) is 0.0756. The number of hydrogen-bond acceptors (Lipinski definition) is 7. The first-order chi connectivity index (χ1) is 26.5. The second kappa shape index (κ2) is 30.1. The highest BCUT2D eigenvalue weighted by Crippen LogP contribution is 2.44. The van der Waals surface area contributed by atoms with E-state index in [4.69, 9.17) is 33.5 Å². The van der Waals surface area contributed by atoms with Crippen molar-refractivity contribution in [2.45, 2.75) is 162 Å². The molecule has 316 valence electrons. The molecule has 2 aliphatic rings. The molecule has 0 bridgehead atoms. The van der Waals surface area contributed by atoms with Gasteiger partial charge in [0.2, 0.25) is 0 Å². The smallest absolute Gasteiger partial charge is 0.189 e. The zero-order valence-corrected chi connectivity index (χ0v) is 38.6. The molecule has 2 aliphatic heterocycles. The third-order valence-electron chi connectivity index (χ3n) is 8.55. The summed E-state index contributed by atoms with van der Waals surface area (Å²) in [5, 5.41) is 8.36. The monoisotopic (exact) mass is 771 g/mol. The van der Waals surface area contributed by atoms with Crippen LogP contribution in [0.2, 0.25) is 0 Å². The third-order valence-corrected chi connectivity index (χ3v) is 8.55. The first kappa shape index (κ1) is 54.0. The normalized spacial score (nSPS) is 15.9. The summed E-state index contributed by atoms with van der Waals surface area (Å²) < 4.78 is 34.4. The molecule has 55 heavy (non-hydrogen) atoms. The third kappa shape index (κ3) is 17.7. The standard InChI is InChI=1S/C34H42O6.C4H10O.5C2H6/c1-8-35-20-40-33-24(5)14-28(15-25(33)6)34(7,26-9-10-31(21(2)11-26)38-18-29-16-36-29)27-12-22(3)32(23(4)13-27)39-19-30-17-37-30;1-3-4(2)5;5*1-2/h9-15,29-30H,8,16-20H2,1-7H3;4-5H,3H2,1-2H3;5*1-2H3. The number of aliphatic hydroxyl groups is 1. The van der Waals surface area contributed by atoms with Gasteiger partial charge in [0.05, 0.1) is 19.3 Å². The predicted molar refractivity (Wildman–Crippen MR) is 235 cm³/mol. The van der Waals surface area contributed by atoms with Gasteiger partial charge < -0.3 is 33.5 Å². The lowest BCUT2D eigenvalue weighted by atomic mass is 9.69. The molecule has 2 fully saturated rings. The van der Waals surface area contributed by atoms with Crippen molar-refractivity contribution >= 4 is 0 Å². The van der Waals surface area contributed by atoms with E-state index in [-0.39, 0.29) is 25.1 Å². The second-order valence-electron chi connectivity index (χ2n) is 12.5. The summed E-state index contributed by atoms with van der Waals surface area (Å²) in [6, 6.07) is 15.6. The van der Waals surface area contributed by atoms with E-state index in [1.54, 1.807) is 6.92 Å². The highest BCUT2D eigenvalue weighted by molar-refractivity contribution is 5.58. The highest BCUT2D eigenvalue weighted by atomic mass is 16.7. The Labute approximate surface area is 338 Å². The molecule has 4 unspecified atom stereocenters. The summed E-state index contributed by atoms with van der Waals surface area (Å²) in [4.78, 5) is 0. The zero-order valence-electron chi connectivity index (χ0n) is 38.6. The van der Waals surface area contributed by atoms with Gasteiger partial charge in [0, 0.05) is 12.0 Å². The lowest BCUT2D eigenvalue weighted by molar-refractivity contribution is 0.0216. The molecule has 0 radical (unpaired) electrons. The van der Waals surface area contributed by atoms with Gasteiger partial charge in [-0.2, -0.15) is 0 Å². The van der Waals surface area contributed by atoms with Crippen LogP contribution in [-0.4, -0.2) is 63.2 Å². The van der Waals surface area contributed by atoms with E-state index < -0.39 is 5.41 Å². The van der Waals surface area contributed by atoms with Crippen LogP contribution >= 0.6 is 0 Å². The maximum Gasteiger partial charge on any atom is 0.189 e. The molecule has 5 rings (SSSR count). The van der Waals surface area contributed by atoms with E-state index in [0.717, 1.165) is 64.7 Å². The van der Waals surface area contributed by atoms with E-state index >= 15 is 0 Å². The maximum atomic E-state index is 8.36. The number of benzene rings is 3. The lowest BCUT2D eigenvalue weighted by Gasteiger charge is -2.34. The van der Waals surface area contributed by atoms with Crippen molar-refractivity contribution in [2.75, 3.05) is 39.8 Å². The topological polar surface area (TPSA) is 82.2 Å². The molecule has 3 aromatic rings. The van der Waals surface area contributed by atoms with E-state index in [2.05, 4.69) is 84.0 Å². The van der Waals surface area contributed by atoms with Crippen LogP contribution in [-0.2, 0) is 19.6 Å². The molecular formula is C48H82O7. The number of hydrogen-bond donors (Lipinski definition) is 1. The molecule has 2 heterocycles. The minimum absolute atomic E-state index is 0.116. The van der Waals surface area contributed by atoms with Gasteiger partial charge in [0.25, 0.3) is 0 Å². The number of aliphatic hydroxyl groups excluding tert-OH is 1. The van der Waals surface area contributed by atoms with Crippen LogP contribution in [0, 0.1) is 34.6 Å². The van der Waals surface area contributed by atoms with Crippen molar-refractivity contribution in [1.29, 1.82) is 0 Å². The van der Waals surface area contributed by atoms with Gasteiger partial charge in [-0.25, -0.2) is 0 Å². The van der Waals surface area contributed by atoms with Crippen molar-refractivity contribution in [3.63, 3.8) is 0 Å². The van der Waals surface area contributed by atoms with Gasteiger partial charge >= 0.3 is 0 Å². The Morgan fingerprint density at radius 3 is 1.33 bits per heavy atom. The predicted octanol–water partition coefficient (Wildman–Crippen LogP) is 12.4. The van der Waals surface area contributed by atoms with E-state index in [0.29, 0.717) is 19.8 Å². The summed E-state index contributed by atoms with van der Waals surface area (Å²) in [5.74, 6) is 2.71. The fraction of sp³-hybridized carbons (Fsp3) is 0.625. The average molecular weight is 771 g/mol. The van der Waals surface area contributed by atoms with Crippen LogP contribution in [0.3, 0.4) is 0 Å². The van der Waals surface area contributed by atoms with Crippen LogP contribution in [0.4, 0.5) is 0 Å². The van der Waals surface area contributed by atoms with Gasteiger partial charge in [-0.15, -0.1) is 0 Å². The van der Waals surface area contributed by atoms with E-state index in [1.165, 1.54) is 16.7 Å². The Morgan fingerprint density at radius 1 is 0.618 bits per heavy atom. The van der Waals surface area contributed by atoms with Crippen LogP contribution in [0.1, 0.15) is 148 Å². The van der Waals surface area contributed by atoms with Crippen molar-refractivity contribution in [2.24, 2.45) is 0 Å². The van der Waals surface area contributed by atoms with Gasteiger partial charge in [0.1, 0.15) is 42.7 Å². The number of aryl methyl sites for hydroxylation is 5. The SMILES string of the molecule is CC.CC.CC.CC.CC.CCC(C)O.CCOCOc1c(C)cc(C(C)(c2ccc(OCC3CO3)c(C)c2)c2cc(C)c(OCC3CO3)c(C)c2)cc1C. The number of rotatable bonds is 14. The summed E-state index contributed by atoms with van der Waals surface area (Å²) in [7, 11) is 0. The first-order valence-corrected chi connectivity index (χ1v) is 21.2. The summed E-state index contributed by atoms with van der Waals surface area (Å²) in [5.41, 5.74) is 8.67. The van der Waals surface area contributed by atoms with Crippen molar-refractivity contribution < 1.29 is 33.5 Å². The largest absolute Gasteiger partial charge is 0.491 e. The van der Waals surface area contributed by atoms with Gasteiger partial charge in [-0.05, 0) is 112 Å². The molecular weight excluding hydrogens is 689 g/mol. The molecule has 0 spiro atoms. The maximum absolute atomic E-state index is 8.36. The lowest BCUT2D eigenvalue weighted by Crippen LogP contribution is -2.26. The first-order valence-electron chi connectivity index (χ1n) is 21.2. The second-order valence-corrected chi connectivity index (χ2v) is 12.5. The van der Waals surface area contributed by atoms with E-state index in [9.17, 15) is 0 Å². The summed E-state index contributed by atoms with van der Waals surface area (Å²) in [6.07, 6.45) is 1.18. The van der Waals surface area contributed by atoms with Gasteiger partial charge in [-0.1, -0.05) is 113 Å². The highest BCUT2D eigenvalue weighted by Gasteiger charge is 2.34. The zero-order chi connectivity index (χ0) is 42.7. The van der Waals surface area contributed by atoms with Crippen LogP contribution < -0.4 is 14.2 Å². The fourth-order valence-corrected chi connectivity index (χ4v) is 5.43. The Kier molecular flexibility index (Phi) is 29.5. The molecule has 0 saturated carbocycles. The van der Waals surface area contributed by atoms with Crippen molar-refractivity contribution in [3.05, 3.63) is 87.0 Å². The van der Waals surface area contributed by atoms with Crippen molar-refractivity contribution in [3.8, 4) is 17.2 Å². The van der Waals surface area contributed by atoms with Gasteiger partial charge in [0.15, 0.2) is 6.79 Å². The minimum atomic E-state index is -0.440. The summed E-state index contributed by atoms with van der Waals surface area (Å²) >= 11 is 0. The molecule has 4 atom stereocenters. The Balaban J connectivity index is 0.